The fourth-order valence-electron chi connectivity index (χ4n) is 8.21. The average molecular weight is 386 g/mol. The molecule has 0 aromatic heterocycles. The first kappa shape index (κ1) is 18.5. The Kier molecular flexibility index (Phi) is 3.68. The zero-order valence-corrected chi connectivity index (χ0v) is 17.3. The highest BCUT2D eigenvalue weighted by Gasteiger charge is 2.78. The SMILES string of the molecule is C=C1C(=O)C23CC[C@H]1CC2[C@@]12CCC[C@@](C)(COC1=O)C2C(CN(C)C)C3=O. The van der Waals surface area contributed by atoms with Crippen molar-refractivity contribution in [1.82, 2.24) is 4.90 Å². The summed E-state index contributed by atoms with van der Waals surface area (Å²) in [4.78, 5) is 43.2. The minimum absolute atomic E-state index is 0.0269. The van der Waals surface area contributed by atoms with E-state index in [-0.39, 0.29) is 46.6 Å². The Morgan fingerprint density at radius 2 is 1.93 bits per heavy atom. The number of hydrogen-bond donors (Lipinski definition) is 0. The third-order valence-corrected chi connectivity index (χ3v) is 9.11. The number of ether oxygens (including phenoxy) is 1. The van der Waals surface area contributed by atoms with Crippen molar-refractivity contribution >= 4 is 17.5 Å². The fourth-order valence-corrected chi connectivity index (χ4v) is 8.21. The number of nitrogens with zero attached hydrogens (tertiary/aromatic N) is 1. The van der Waals surface area contributed by atoms with Crippen molar-refractivity contribution in [3.05, 3.63) is 12.2 Å². The van der Waals surface area contributed by atoms with E-state index in [0.717, 1.165) is 32.1 Å². The molecular formula is C23H31NO4. The molecule has 5 heteroatoms. The number of allylic oxidation sites excluding steroid dienone is 1. The lowest BCUT2D eigenvalue weighted by Crippen LogP contribution is -2.75. The van der Waals surface area contributed by atoms with Crippen molar-refractivity contribution in [2.75, 3.05) is 27.2 Å². The van der Waals surface area contributed by atoms with Crippen molar-refractivity contribution < 1.29 is 19.1 Å². The summed E-state index contributed by atoms with van der Waals surface area (Å²) in [6, 6.07) is 0. The smallest absolute Gasteiger partial charge is 0.312 e. The fraction of sp³-hybridized carbons (Fsp3) is 0.783. The lowest BCUT2D eigenvalue weighted by molar-refractivity contribution is -0.241. The number of ketones is 2. The molecule has 1 saturated heterocycles. The van der Waals surface area contributed by atoms with Crippen LogP contribution in [-0.4, -0.2) is 49.7 Å². The highest BCUT2D eigenvalue weighted by Crippen LogP contribution is 2.72. The van der Waals surface area contributed by atoms with Gasteiger partial charge in [0.25, 0.3) is 0 Å². The van der Waals surface area contributed by atoms with E-state index in [0.29, 0.717) is 25.1 Å². The summed E-state index contributed by atoms with van der Waals surface area (Å²) >= 11 is 0. The van der Waals surface area contributed by atoms with Gasteiger partial charge in [-0.25, -0.2) is 0 Å². The molecule has 6 fully saturated rings. The summed E-state index contributed by atoms with van der Waals surface area (Å²) in [5, 5.41) is 0. The molecule has 28 heavy (non-hydrogen) atoms. The molecule has 1 spiro atoms. The molecule has 5 aliphatic carbocycles. The van der Waals surface area contributed by atoms with Gasteiger partial charge in [0.05, 0.1) is 17.4 Å². The molecule has 4 bridgehead atoms. The van der Waals surface area contributed by atoms with Gasteiger partial charge in [-0.05, 0) is 69.5 Å². The van der Waals surface area contributed by atoms with E-state index < -0.39 is 10.8 Å². The number of cyclic esters (lactones) is 1. The highest BCUT2D eigenvalue weighted by atomic mass is 16.5. The third-order valence-electron chi connectivity index (χ3n) is 9.11. The second kappa shape index (κ2) is 5.56. The maximum absolute atomic E-state index is 14.1. The topological polar surface area (TPSA) is 63.7 Å². The van der Waals surface area contributed by atoms with Crippen molar-refractivity contribution in [3.63, 3.8) is 0 Å². The molecular weight excluding hydrogens is 354 g/mol. The number of esters is 1. The lowest BCUT2D eigenvalue weighted by Gasteiger charge is -2.69. The molecule has 152 valence electrons. The van der Waals surface area contributed by atoms with Gasteiger partial charge < -0.3 is 9.64 Å². The maximum Gasteiger partial charge on any atom is 0.312 e. The largest absolute Gasteiger partial charge is 0.465 e. The monoisotopic (exact) mass is 385 g/mol. The van der Waals surface area contributed by atoms with Gasteiger partial charge in [-0.2, -0.15) is 0 Å². The molecule has 5 nitrogen and oxygen atoms in total. The van der Waals surface area contributed by atoms with Crippen LogP contribution < -0.4 is 0 Å². The van der Waals surface area contributed by atoms with Crippen molar-refractivity contribution in [3.8, 4) is 0 Å². The van der Waals surface area contributed by atoms with Crippen LogP contribution in [0, 0.1) is 39.9 Å². The Labute approximate surface area is 166 Å². The quantitative estimate of drug-likeness (QED) is 0.415. The molecule has 5 saturated carbocycles. The number of fused-ring (bicyclic) bond motifs is 2. The van der Waals surface area contributed by atoms with Crippen LogP contribution in [0.25, 0.3) is 0 Å². The molecule has 0 aromatic carbocycles. The second-order valence-corrected chi connectivity index (χ2v) is 10.7. The van der Waals surface area contributed by atoms with Crippen LogP contribution in [0.3, 0.4) is 0 Å². The van der Waals surface area contributed by atoms with Crippen molar-refractivity contribution in [2.45, 2.75) is 45.4 Å². The van der Waals surface area contributed by atoms with Gasteiger partial charge in [0.15, 0.2) is 11.6 Å². The van der Waals surface area contributed by atoms with Gasteiger partial charge in [0, 0.05) is 17.9 Å². The molecule has 0 N–H and O–H groups in total. The Balaban J connectivity index is 1.76. The van der Waals surface area contributed by atoms with E-state index in [9.17, 15) is 14.4 Å². The minimum Gasteiger partial charge on any atom is -0.465 e. The summed E-state index contributed by atoms with van der Waals surface area (Å²) in [5.41, 5.74) is -1.29. The number of Topliss-reactive ketones (excluding diaryl/α,β-unsaturated/α-hetero) is 2. The Hall–Kier alpha value is -1.49. The summed E-state index contributed by atoms with van der Waals surface area (Å²) in [5.74, 6) is -0.514. The van der Waals surface area contributed by atoms with Gasteiger partial charge >= 0.3 is 5.97 Å². The minimum atomic E-state index is -1.04. The van der Waals surface area contributed by atoms with Crippen LogP contribution in [-0.2, 0) is 19.1 Å². The zero-order valence-electron chi connectivity index (χ0n) is 17.3. The van der Waals surface area contributed by atoms with E-state index in [1.807, 2.05) is 19.0 Å². The molecule has 6 aliphatic rings. The number of carbonyl (C=O) groups is 3. The first-order valence-corrected chi connectivity index (χ1v) is 10.8. The highest BCUT2D eigenvalue weighted by molar-refractivity contribution is 6.18. The number of carbonyl (C=O) groups excluding carboxylic acids is 3. The Morgan fingerprint density at radius 3 is 2.64 bits per heavy atom. The van der Waals surface area contributed by atoms with Gasteiger partial charge in [-0.3, -0.25) is 14.4 Å². The predicted octanol–water partition coefficient (Wildman–Crippen LogP) is 2.64. The maximum atomic E-state index is 14.1. The van der Waals surface area contributed by atoms with E-state index in [1.165, 1.54) is 0 Å². The van der Waals surface area contributed by atoms with Crippen molar-refractivity contribution in [2.24, 2.45) is 39.9 Å². The molecule has 0 radical (unpaired) electrons. The second-order valence-electron chi connectivity index (χ2n) is 10.7. The summed E-state index contributed by atoms with van der Waals surface area (Å²) < 4.78 is 5.81. The first-order valence-electron chi connectivity index (χ1n) is 10.8. The van der Waals surface area contributed by atoms with Crippen LogP contribution in [0.4, 0.5) is 0 Å². The summed E-state index contributed by atoms with van der Waals surface area (Å²) in [6.07, 6.45) is 4.87. The Morgan fingerprint density at radius 1 is 1.18 bits per heavy atom. The van der Waals surface area contributed by atoms with Gasteiger partial charge in [-0.1, -0.05) is 19.9 Å². The third kappa shape index (κ3) is 1.90. The average Bonchev–Trinajstić information content (AvgIpc) is 2.65. The Bertz CT molecular complexity index is 802. The summed E-state index contributed by atoms with van der Waals surface area (Å²) in [7, 11) is 3.95. The molecule has 1 aliphatic heterocycles. The molecule has 0 amide bonds. The van der Waals surface area contributed by atoms with Crippen LogP contribution in [0.5, 0.6) is 0 Å². The van der Waals surface area contributed by atoms with Crippen LogP contribution in [0.2, 0.25) is 0 Å². The molecule has 1 heterocycles. The van der Waals surface area contributed by atoms with E-state index in [2.05, 4.69) is 13.5 Å². The zero-order chi connectivity index (χ0) is 20.1. The number of rotatable bonds is 2. The van der Waals surface area contributed by atoms with E-state index in [4.69, 9.17) is 4.74 Å². The predicted molar refractivity (Wildman–Crippen MR) is 103 cm³/mol. The van der Waals surface area contributed by atoms with Crippen LogP contribution in [0.15, 0.2) is 12.2 Å². The van der Waals surface area contributed by atoms with Gasteiger partial charge in [0.1, 0.15) is 0 Å². The molecule has 0 aromatic rings. The van der Waals surface area contributed by atoms with E-state index >= 15 is 0 Å². The molecule has 7 atom stereocenters. The normalized spacial score (nSPS) is 49.7. The summed E-state index contributed by atoms with van der Waals surface area (Å²) in [6.45, 7) is 7.26. The van der Waals surface area contributed by atoms with Gasteiger partial charge in [0.2, 0.25) is 0 Å². The van der Waals surface area contributed by atoms with Crippen LogP contribution in [0.1, 0.15) is 45.4 Å². The van der Waals surface area contributed by atoms with E-state index in [1.54, 1.807) is 0 Å². The van der Waals surface area contributed by atoms with Gasteiger partial charge in [-0.15, -0.1) is 0 Å². The van der Waals surface area contributed by atoms with Crippen LogP contribution >= 0.6 is 0 Å². The first-order chi connectivity index (χ1) is 13.2. The molecule has 6 rings (SSSR count). The number of hydrogen-bond acceptors (Lipinski definition) is 5. The van der Waals surface area contributed by atoms with Crippen molar-refractivity contribution in [1.29, 1.82) is 0 Å². The standard InChI is InChI=1S/C23H31NO4/c1-13-14-6-9-23(18(13)25)16(10-14)22-8-5-7-21(2,12-28-20(22)27)17(22)15(19(23)26)11-24(3)4/h14-17H,1,5-12H2,2-4H3/t14-,15?,16?,17?,21-,22+,23?/m0/s1. The molecule has 4 unspecified atom stereocenters. The lowest BCUT2D eigenvalue weighted by atomic mass is 9.33.